The molecule has 0 radical (unpaired) electrons. The van der Waals surface area contributed by atoms with Crippen LogP contribution < -0.4 is 10.3 Å². The van der Waals surface area contributed by atoms with Crippen LogP contribution in [0.3, 0.4) is 0 Å². The summed E-state index contributed by atoms with van der Waals surface area (Å²) < 4.78 is 17.0. The van der Waals surface area contributed by atoms with Crippen molar-refractivity contribution in [3.8, 4) is 0 Å². The minimum atomic E-state index is -1.27. The molecule has 1 aliphatic carbocycles. The van der Waals surface area contributed by atoms with Crippen LogP contribution in [0, 0.1) is 5.82 Å². The van der Waals surface area contributed by atoms with Crippen LogP contribution in [0.2, 0.25) is 0 Å². The quantitative estimate of drug-likeness (QED) is 0.896. The van der Waals surface area contributed by atoms with Crippen molar-refractivity contribution in [1.29, 1.82) is 0 Å². The minimum Gasteiger partial charge on any atom is -0.477 e. The molecule has 6 heteroatoms. The summed E-state index contributed by atoms with van der Waals surface area (Å²) in [4.78, 5) is 26.3. The van der Waals surface area contributed by atoms with Crippen LogP contribution >= 0.6 is 0 Å². The van der Waals surface area contributed by atoms with Gasteiger partial charge in [0.2, 0.25) is 5.43 Å². The summed E-state index contributed by atoms with van der Waals surface area (Å²) in [6, 6.07) is 1.71. The number of aromatic nitrogens is 1. The Labute approximate surface area is 149 Å². The number of pyridine rings is 1. The molecule has 1 unspecified atom stereocenters. The van der Waals surface area contributed by atoms with Crippen LogP contribution in [0.25, 0.3) is 17.0 Å². The van der Waals surface area contributed by atoms with Gasteiger partial charge in [0, 0.05) is 30.4 Å². The molecule has 134 valence electrons. The van der Waals surface area contributed by atoms with Crippen molar-refractivity contribution in [2.45, 2.75) is 44.2 Å². The molecule has 0 amide bonds. The Hall–Kier alpha value is -2.63. The first-order valence-electron chi connectivity index (χ1n) is 9.14. The van der Waals surface area contributed by atoms with Gasteiger partial charge in [0.15, 0.2) is 0 Å². The highest BCUT2D eigenvalue weighted by molar-refractivity contribution is 5.98. The van der Waals surface area contributed by atoms with E-state index in [-0.39, 0.29) is 17.0 Å². The summed E-state index contributed by atoms with van der Waals surface area (Å²) in [5.74, 6) is -1.70. The number of halogens is 1. The lowest BCUT2D eigenvalue weighted by Gasteiger charge is -2.27. The predicted octanol–water partition coefficient (Wildman–Crippen LogP) is 3.56. The van der Waals surface area contributed by atoms with E-state index < -0.39 is 17.2 Å². The zero-order valence-corrected chi connectivity index (χ0v) is 14.2. The van der Waals surface area contributed by atoms with E-state index in [1.807, 2.05) is 10.6 Å². The molecule has 3 aliphatic rings. The first kappa shape index (κ1) is 15.6. The van der Waals surface area contributed by atoms with Crippen LogP contribution in [0.4, 0.5) is 10.1 Å². The van der Waals surface area contributed by atoms with E-state index in [0.29, 0.717) is 22.8 Å². The SMILES string of the molecule is O=C(O)c1cn(C2CC2)c2c3c(c(F)cc2c1=O)N1CCCC1CC=C3. The van der Waals surface area contributed by atoms with Crippen molar-refractivity contribution < 1.29 is 14.3 Å². The van der Waals surface area contributed by atoms with Crippen LogP contribution in [0.15, 0.2) is 23.1 Å². The molecule has 1 atom stereocenters. The maximum atomic E-state index is 15.1. The topological polar surface area (TPSA) is 62.5 Å². The second-order valence-electron chi connectivity index (χ2n) is 7.46. The van der Waals surface area contributed by atoms with Gasteiger partial charge in [0.1, 0.15) is 11.4 Å². The number of benzene rings is 1. The smallest absolute Gasteiger partial charge is 0.341 e. The molecule has 1 saturated carbocycles. The lowest BCUT2D eigenvalue weighted by atomic mass is 10.0. The average molecular weight is 354 g/mol. The summed E-state index contributed by atoms with van der Waals surface area (Å²) in [7, 11) is 0. The van der Waals surface area contributed by atoms with E-state index in [1.165, 1.54) is 12.3 Å². The monoisotopic (exact) mass is 354 g/mol. The summed E-state index contributed by atoms with van der Waals surface area (Å²) in [5.41, 5.74) is 1.04. The maximum absolute atomic E-state index is 15.1. The van der Waals surface area contributed by atoms with Gasteiger partial charge in [-0.25, -0.2) is 9.18 Å². The molecule has 5 nitrogen and oxygen atoms in total. The van der Waals surface area contributed by atoms with E-state index >= 15 is 4.39 Å². The Bertz CT molecular complexity index is 1040. The number of carboxylic acids is 1. The van der Waals surface area contributed by atoms with E-state index in [1.54, 1.807) is 0 Å². The van der Waals surface area contributed by atoms with Crippen molar-refractivity contribution in [3.63, 3.8) is 0 Å². The van der Waals surface area contributed by atoms with Crippen molar-refractivity contribution >= 4 is 28.6 Å². The second-order valence-corrected chi connectivity index (χ2v) is 7.46. The zero-order chi connectivity index (χ0) is 18.0. The van der Waals surface area contributed by atoms with E-state index in [4.69, 9.17) is 0 Å². The number of hydrogen-bond donors (Lipinski definition) is 1. The number of anilines is 1. The average Bonchev–Trinajstić information content (AvgIpc) is 3.38. The fourth-order valence-corrected chi connectivity index (χ4v) is 4.47. The maximum Gasteiger partial charge on any atom is 0.341 e. The first-order valence-corrected chi connectivity index (χ1v) is 9.14. The first-order chi connectivity index (χ1) is 12.6. The molecule has 1 saturated heterocycles. The van der Waals surface area contributed by atoms with Crippen molar-refractivity contribution in [2.75, 3.05) is 11.4 Å². The summed E-state index contributed by atoms with van der Waals surface area (Å²) >= 11 is 0. The second kappa shape index (κ2) is 5.43. The third-order valence-electron chi connectivity index (χ3n) is 5.81. The van der Waals surface area contributed by atoms with Gasteiger partial charge in [-0.1, -0.05) is 12.2 Å². The number of rotatable bonds is 2. The molecule has 0 spiro atoms. The van der Waals surface area contributed by atoms with Gasteiger partial charge in [-0.3, -0.25) is 4.79 Å². The van der Waals surface area contributed by atoms with Crippen molar-refractivity contribution in [3.05, 3.63) is 45.5 Å². The van der Waals surface area contributed by atoms with Crippen LogP contribution in [-0.2, 0) is 0 Å². The van der Waals surface area contributed by atoms with Crippen molar-refractivity contribution in [2.24, 2.45) is 0 Å². The molecule has 1 aromatic heterocycles. The third kappa shape index (κ3) is 2.14. The summed E-state index contributed by atoms with van der Waals surface area (Å²) in [5, 5.41) is 9.56. The number of carboxylic acid groups (broad SMARTS) is 1. The van der Waals surface area contributed by atoms with Gasteiger partial charge in [-0.15, -0.1) is 0 Å². The summed E-state index contributed by atoms with van der Waals surface area (Å²) in [6.45, 7) is 0.808. The van der Waals surface area contributed by atoms with E-state index in [0.717, 1.165) is 38.6 Å². The molecular weight excluding hydrogens is 335 g/mol. The fourth-order valence-electron chi connectivity index (χ4n) is 4.47. The lowest BCUT2D eigenvalue weighted by Crippen LogP contribution is -2.30. The Morgan fingerprint density at radius 2 is 2.04 bits per heavy atom. The van der Waals surface area contributed by atoms with Gasteiger partial charge in [-0.05, 0) is 38.2 Å². The molecule has 2 aromatic rings. The molecule has 5 rings (SSSR count). The number of nitrogens with zero attached hydrogens (tertiary/aromatic N) is 2. The molecule has 1 N–H and O–H groups in total. The predicted molar refractivity (Wildman–Crippen MR) is 97.4 cm³/mol. The van der Waals surface area contributed by atoms with E-state index in [2.05, 4.69) is 11.0 Å². The Balaban J connectivity index is 1.91. The van der Waals surface area contributed by atoms with Gasteiger partial charge in [0.25, 0.3) is 0 Å². The Morgan fingerprint density at radius 1 is 1.23 bits per heavy atom. The van der Waals surface area contributed by atoms with E-state index in [9.17, 15) is 14.7 Å². The molecule has 2 aliphatic heterocycles. The van der Waals surface area contributed by atoms with Gasteiger partial charge in [-0.2, -0.15) is 0 Å². The van der Waals surface area contributed by atoms with Crippen LogP contribution in [0.5, 0.6) is 0 Å². The number of fused-ring (bicyclic) bond motifs is 5. The molecule has 0 bridgehead atoms. The molecule has 26 heavy (non-hydrogen) atoms. The van der Waals surface area contributed by atoms with Gasteiger partial charge in [0.05, 0.1) is 16.6 Å². The Kier molecular flexibility index (Phi) is 3.26. The van der Waals surface area contributed by atoms with Gasteiger partial charge >= 0.3 is 5.97 Å². The Morgan fingerprint density at radius 3 is 2.77 bits per heavy atom. The van der Waals surface area contributed by atoms with Crippen LogP contribution in [0.1, 0.15) is 54.1 Å². The normalized spacial score (nSPS) is 21.6. The molecular formula is C20H19FN2O3. The van der Waals surface area contributed by atoms with Crippen molar-refractivity contribution in [1.82, 2.24) is 4.57 Å². The number of carbonyl (C=O) groups is 1. The highest BCUT2D eigenvalue weighted by Crippen LogP contribution is 2.43. The molecule has 2 fully saturated rings. The fraction of sp³-hybridized carbons (Fsp3) is 0.400. The zero-order valence-electron chi connectivity index (χ0n) is 14.2. The standard InChI is InChI=1S/C20H19FN2O3/c21-16-9-14-17(13-5-1-3-11-4-2-8-22(11)18(13)16)23(12-6-7-12)10-15(19(14)24)20(25)26/h1,5,9-12H,2-4,6-8H2,(H,25,26). The minimum absolute atomic E-state index is 0.162. The third-order valence-corrected chi connectivity index (χ3v) is 5.81. The number of aromatic carboxylic acids is 1. The molecule has 1 aromatic carbocycles. The molecule has 3 heterocycles. The highest BCUT2D eigenvalue weighted by Gasteiger charge is 2.33. The highest BCUT2D eigenvalue weighted by atomic mass is 19.1. The lowest BCUT2D eigenvalue weighted by molar-refractivity contribution is 0.0695. The number of hydrogen-bond acceptors (Lipinski definition) is 3. The summed E-state index contributed by atoms with van der Waals surface area (Å²) in [6.07, 6.45) is 10.2. The van der Waals surface area contributed by atoms with Gasteiger partial charge < -0.3 is 14.6 Å². The van der Waals surface area contributed by atoms with Crippen LogP contribution in [-0.4, -0.2) is 28.2 Å². The largest absolute Gasteiger partial charge is 0.477 e.